The Hall–Kier alpha value is -3.14. The van der Waals surface area contributed by atoms with Gasteiger partial charge in [0, 0.05) is 62.5 Å². The molecule has 5 rings (SSSR count). The van der Waals surface area contributed by atoms with Gasteiger partial charge in [0.15, 0.2) is 9.84 Å². The van der Waals surface area contributed by atoms with Crippen LogP contribution in [0.2, 0.25) is 0 Å². The Balaban J connectivity index is 1.24. The second kappa shape index (κ2) is 8.90. The summed E-state index contributed by atoms with van der Waals surface area (Å²) >= 11 is 0. The molecule has 2 aliphatic rings. The van der Waals surface area contributed by atoms with Crippen LogP contribution in [0.5, 0.6) is 5.75 Å². The zero-order valence-corrected chi connectivity index (χ0v) is 19.7. The third-order valence-electron chi connectivity index (χ3n) is 6.31. The molecule has 3 heterocycles. The Morgan fingerprint density at radius 3 is 2.26 bits per heavy atom. The number of hydrogen-bond donors (Lipinski definition) is 0. The van der Waals surface area contributed by atoms with Gasteiger partial charge >= 0.3 is 0 Å². The average Bonchev–Trinajstić information content (AvgIpc) is 3.67. The number of aromatic nitrogens is 3. The highest BCUT2D eigenvalue weighted by atomic mass is 32.2. The molecule has 1 saturated carbocycles. The molecule has 1 aliphatic heterocycles. The van der Waals surface area contributed by atoms with Crippen LogP contribution in [0.15, 0.2) is 58.6 Å². The lowest BCUT2D eigenvalue weighted by Crippen LogP contribution is -2.40. The topological polar surface area (TPSA) is 94.4 Å². The average molecular weight is 476 g/mol. The molecule has 0 unspecified atom stereocenters. The van der Waals surface area contributed by atoms with E-state index in [1.54, 1.807) is 12.1 Å². The van der Waals surface area contributed by atoms with E-state index in [9.17, 15) is 13.2 Å². The molecule has 2 aromatic heterocycles. The van der Waals surface area contributed by atoms with Crippen molar-refractivity contribution in [2.75, 3.05) is 24.2 Å². The number of benzene rings is 1. The van der Waals surface area contributed by atoms with Crippen molar-refractivity contribution >= 4 is 29.1 Å². The summed E-state index contributed by atoms with van der Waals surface area (Å²) in [6, 6.07) is 7.47. The lowest BCUT2D eigenvalue weighted by atomic mass is 9.97. The van der Waals surface area contributed by atoms with Gasteiger partial charge < -0.3 is 9.64 Å². The first-order valence-electron chi connectivity index (χ1n) is 11.3. The molecule has 10 heteroatoms. The Morgan fingerprint density at radius 1 is 1.03 bits per heavy atom. The Morgan fingerprint density at radius 2 is 1.68 bits per heavy atom. The molecule has 0 bridgehead atoms. The number of piperidine rings is 1. The minimum absolute atomic E-state index is 0.0615. The Kier molecular flexibility index (Phi) is 5.93. The summed E-state index contributed by atoms with van der Waals surface area (Å²) in [6.45, 7) is 1.52. The largest absolute Gasteiger partial charge is 0.491 e. The second-order valence-electron chi connectivity index (χ2n) is 8.96. The van der Waals surface area contributed by atoms with Crippen molar-refractivity contribution in [2.24, 2.45) is 0 Å². The minimum Gasteiger partial charge on any atom is -0.491 e. The fraction of sp³-hybridized carbons (Fsp3) is 0.375. The number of ether oxygens (including phenoxy) is 1. The van der Waals surface area contributed by atoms with Gasteiger partial charge in [-0.15, -0.1) is 0 Å². The van der Waals surface area contributed by atoms with Crippen LogP contribution in [-0.4, -0.2) is 56.2 Å². The van der Waals surface area contributed by atoms with Crippen molar-refractivity contribution in [3.8, 4) is 11.4 Å². The molecular weight excluding hydrogens is 451 g/mol. The minimum atomic E-state index is -3.31. The van der Waals surface area contributed by atoms with Gasteiger partial charge in [-0.1, -0.05) is 0 Å². The number of hydrogen-bond acceptors (Lipinski definition) is 7. The van der Waals surface area contributed by atoms with Crippen LogP contribution in [0.1, 0.15) is 37.2 Å². The maximum atomic E-state index is 12.7. The zero-order chi connectivity index (χ0) is 23.9. The predicted molar refractivity (Wildman–Crippen MR) is 130 cm³/mol. The highest BCUT2D eigenvalue weighted by Gasteiger charge is 2.26. The molecule has 1 aliphatic carbocycles. The summed E-state index contributed by atoms with van der Waals surface area (Å²) in [4.78, 5) is 24.1. The van der Waals surface area contributed by atoms with Crippen molar-refractivity contribution in [2.45, 2.75) is 42.6 Å². The maximum absolute atomic E-state index is 12.7. The van der Waals surface area contributed by atoms with E-state index in [0.717, 1.165) is 38.1 Å². The van der Waals surface area contributed by atoms with E-state index in [0.29, 0.717) is 22.8 Å². The zero-order valence-electron chi connectivity index (χ0n) is 18.9. The van der Waals surface area contributed by atoms with Crippen LogP contribution in [0.3, 0.4) is 0 Å². The van der Waals surface area contributed by atoms with Crippen LogP contribution >= 0.6 is 0 Å². The van der Waals surface area contributed by atoms with Crippen LogP contribution in [0.4, 0.5) is 5.95 Å². The lowest BCUT2D eigenvalue weighted by Gasteiger charge is -2.32. The fourth-order valence-corrected chi connectivity index (χ4v) is 4.79. The smallest absolute Gasteiger partial charge is 0.258 e. The molecule has 2 fully saturated rings. The summed E-state index contributed by atoms with van der Waals surface area (Å²) < 4.78 is 30.8. The van der Waals surface area contributed by atoms with E-state index < -0.39 is 9.84 Å². The molecule has 174 valence electrons. The summed E-state index contributed by atoms with van der Waals surface area (Å²) in [5, 5.41) is 0. The first-order chi connectivity index (χ1) is 16.3. The molecule has 2 radical (unpaired) electrons. The first-order valence-corrected chi connectivity index (χ1v) is 13.2. The van der Waals surface area contributed by atoms with Crippen LogP contribution in [0.25, 0.3) is 5.69 Å². The second-order valence-corrected chi connectivity index (χ2v) is 11.0. The molecular formula is C24H25BN4O4S. The van der Waals surface area contributed by atoms with Gasteiger partial charge in [-0.2, -0.15) is 0 Å². The monoisotopic (exact) mass is 476 g/mol. The number of rotatable bonds is 6. The fourth-order valence-electron chi connectivity index (χ4n) is 4.16. The van der Waals surface area contributed by atoms with Gasteiger partial charge in [-0.25, -0.2) is 18.4 Å². The predicted octanol–water partition coefficient (Wildman–Crippen LogP) is 1.75. The van der Waals surface area contributed by atoms with Gasteiger partial charge in [0.25, 0.3) is 5.56 Å². The molecule has 0 N–H and O–H groups in total. The van der Waals surface area contributed by atoms with Crippen LogP contribution in [0, 0.1) is 0 Å². The van der Waals surface area contributed by atoms with E-state index in [1.807, 2.05) is 12.4 Å². The van der Waals surface area contributed by atoms with E-state index >= 15 is 0 Å². The molecule has 3 aromatic rings. The Labute approximate surface area is 199 Å². The SMILES string of the molecule is [B]c1cn(-c2ccc(S(C)(=O)=O)cc2)c(=O)cc1OC1CCN(c2ncc(C3CC3)cn2)CC1. The van der Waals surface area contributed by atoms with E-state index in [4.69, 9.17) is 12.6 Å². The van der Waals surface area contributed by atoms with Crippen molar-refractivity contribution in [3.63, 3.8) is 0 Å². The van der Waals surface area contributed by atoms with Crippen molar-refractivity contribution < 1.29 is 13.2 Å². The van der Waals surface area contributed by atoms with Crippen LogP contribution < -0.4 is 20.7 Å². The highest BCUT2D eigenvalue weighted by Crippen LogP contribution is 2.39. The number of nitrogens with zero attached hydrogens (tertiary/aromatic N) is 4. The molecule has 0 atom stereocenters. The van der Waals surface area contributed by atoms with E-state index in [2.05, 4.69) is 14.9 Å². The number of pyridine rings is 1. The molecule has 1 saturated heterocycles. The number of anilines is 1. The summed E-state index contributed by atoms with van der Waals surface area (Å²) in [7, 11) is 2.88. The van der Waals surface area contributed by atoms with Gasteiger partial charge in [0.1, 0.15) is 19.7 Å². The number of sulfone groups is 1. The molecule has 8 nitrogen and oxygen atoms in total. The Bertz CT molecular complexity index is 1350. The van der Waals surface area contributed by atoms with Crippen molar-refractivity contribution in [1.82, 2.24) is 14.5 Å². The van der Waals surface area contributed by atoms with Gasteiger partial charge in [-0.05, 0) is 54.1 Å². The summed E-state index contributed by atoms with van der Waals surface area (Å²) in [6.07, 6.45) is 10.5. The van der Waals surface area contributed by atoms with E-state index in [-0.39, 0.29) is 16.6 Å². The lowest BCUT2D eigenvalue weighted by molar-refractivity contribution is 0.171. The summed E-state index contributed by atoms with van der Waals surface area (Å²) in [5.41, 5.74) is 1.78. The third kappa shape index (κ3) is 4.87. The van der Waals surface area contributed by atoms with Crippen LogP contribution in [-0.2, 0) is 9.84 Å². The quantitative estimate of drug-likeness (QED) is 0.501. The van der Waals surface area contributed by atoms with Crippen molar-refractivity contribution in [3.05, 3.63) is 64.8 Å². The van der Waals surface area contributed by atoms with E-state index in [1.165, 1.54) is 47.4 Å². The standard InChI is InChI=1S/C24H25BN4O4S/c1-34(31,32)20-6-4-18(5-7-20)29-15-21(25)22(12-23(29)30)33-19-8-10-28(11-9-19)24-26-13-17(14-27-24)16-2-3-16/h4-7,12-16,19H,2-3,8-11H2,1H3. The van der Waals surface area contributed by atoms with Gasteiger partial charge in [0.05, 0.1) is 4.90 Å². The highest BCUT2D eigenvalue weighted by molar-refractivity contribution is 7.90. The first kappa shape index (κ1) is 22.6. The van der Waals surface area contributed by atoms with Crippen molar-refractivity contribution in [1.29, 1.82) is 0 Å². The molecule has 0 spiro atoms. The maximum Gasteiger partial charge on any atom is 0.258 e. The third-order valence-corrected chi connectivity index (χ3v) is 7.44. The molecule has 34 heavy (non-hydrogen) atoms. The molecule has 1 aromatic carbocycles. The van der Waals surface area contributed by atoms with Gasteiger partial charge in [0.2, 0.25) is 5.95 Å². The molecule has 0 amide bonds. The summed E-state index contributed by atoms with van der Waals surface area (Å²) in [5.74, 6) is 1.74. The normalized spacial score (nSPS) is 17.0. The van der Waals surface area contributed by atoms with Gasteiger partial charge in [-0.3, -0.25) is 9.36 Å².